The Morgan fingerprint density at radius 3 is 2.06 bits per heavy atom. The van der Waals surface area contributed by atoms with Crippen molar-refractivity contribution in [2.75, 3.05) is 37.3 Å². The molecule has 1 aliphatic carbocycles. The first-order chi connectivity index (χ1) is 25.0. The number of likely N-dealkylation sites (N-methyl/N-ethyl adjacent to an activating group) is 1. The highest BCUT2D eigenvalue weighted by molar-refractivity contribution is 6.36. The summed E-state index contributed by atoms with van der Waals surface area (Å²) in [5.41, 5.74) is 5.75. The highest BCUT2D eigenvalue weighted by Gasteiger charge is 2.31. The maximum Gasteiger partial charge on any atom is 0.306 e. The lowest BCUT2D eigenvalue weighted by Gasteiger charge is -2.33. The number of carboxylic acids is 1. The van der Waals surface area contributed by atoms with Gasteiger partial charge in [0.1, 0.15) is 6.07 Å². The van der Waals surface area contributed by atoms with Gasteiger partial charge in [-0.3, -0.25) is 19.3 Å². The van der Waals surface area contributed by atoms with Crippen molar-refractivity contribution >= 4 is 40.8 Å². The summed E-state index contributed by atoms with van der Waals surface area (Å²) in [5.74, 6) is -0.717. The second kappa shape index (κ2) is 14.5. The average molecular weight is 724 g/mol. The van der Waals surface area contributed by atoms with Crippen LogP contribution in [0.1, 0.15) is 75.3 Å². The van der Waals surface area contributed by atoms with Crippen LogP contribution in [0.2, 0.25) is 5.02 Å². The van der Waals surface area contributed by atoms with Gasteiger partial charge in [0.2, 0.25) is 0 Å². The number of benzene rings is 2. The van der Waals surface area contributed by atoms with Crippen LogP contribution in [0.3, 0.4) is 0 Å². The van der Waals surface area contributed by atoms with Gasteiger partial charge in [-0.2, -0.15) is 5.26 Å². The highest BCUT2D eigenvalue weighted by Crippen LogP contribution is 2.38. The van der Waals surface area contributed by atoms with Gasteiger partial charge in [0, 0.05) is 82.2 Å². The van der Waals surface area contributed by atoms with Crippen molar-refractivity contribution in [3.05, 3.63) is 81.4 Å². The number of carboxylic acid groups (broad SMARTS) is 1. The van der Waals surface area contributed by atoms with Crippen LogP contribution in [-0.2, 0) is 44.8 Å². The maximum absolute atomic E-state index is 13.7. The third-order valence-electron chi connectivity index (χ3n) is 10.9. The topological polar surface area (TPSA) is 161 Å². The molecule has 0 bridgehead atoms. The molecule has 14 heteroatoms. The Kier molecular flexibility index (Phi) is 9.89. The first-order valence-electron chi connectivity index (χ1n) is 17.7. The molecule has 4 heterocycles. The number of hydrogen-bond donors (Lipinski definition) is 3. The summed E-state index contributed by atoms with van der Waals surface area (Å²) in [6, 6.07) is 12.6. The minimum absolute atomic E-state index is 0.229. The zero-order valence-electron chi connectivity index (χ0n) is 29.6. The molecular formula is C38H42ClN9O4. The molecule has 0 spiro atoms. The molecule has 0 atom stereocenters. The molecule has 0 unspecified atom stereocenters. The molecule has 0 saturated heterocycles. The number of fused-ring (bicyclic) bond motifs is 2. The van der Waals surface area contributed by atoms with E-state index in [9.17, 15) is 24.8 Å². The third-order valence-corrected chi connectivity index (χ3v) is 11.3. The highest BCUT2D eigenvalue weighted by atomic mass is 35.5. The number of aliphatic carboxylic acids is 1. The van der Waals surface area contributed by atoms with Crippen LogP contribution in [0, 0.1) is 23.2 Å². The predicted octanol–water partition coefficient (Wildman–Crippen LogP) is 5.09. The van der Waals surface area contributed by atoms with Gasteiger partial charge in [-0.05, 0) is 50.8 Å². The molecule has 1 saturated carbocycles. The van der Waals surface area contributed by atoms with E-state index < -0.39 is 17.8 Å². The molecule has 2 aromatic carbocycles. The molecule has 2 aromatic heterocycles. The summed E-state index contributed by atoms with van der Waals surface area (Å²) in [6.45, 7) is 3.93. The lowest BCUT2D eigenvalue weighted by Crippen LogP contribution is -2.36. The van der Waals surface area contributed by atoms with Crippen LogP contribution in [0.25, 0.3) is 11.1 Å². The van der Waals surface area contributed by atoms with Crippen LogP contribution >= 0.6 is 11.6 Å². The van der Waals surface area contributed by atoms with Crippen LogP contribution in [0.5, 0.6) is 0 Å². The molecule has 270 valence electrons. The number of carbonyl (C=O) groups excluding carboxylic acids is 2. The van der Waals surface area contributed by atoms with E-state index in [2.05, 4.69) is 31.5 Å². The Morgan fingerprint density at radius 1 is 0.846 bits per heavy atom. The molecule has 3 N–H and O–H groups in total. The molecule has 2 amide bonds. The number of carbonyl (C=O) groups is 3. The summed E-state index contributed by atoms with van der Waals surface area (Å²) in [7, 11) is 5.70. The van der Waals surface area contributed by atoms with Crippen molar-refractivity contribution in [3.8, 4) is 17.2 Å². The Hall–Kier alpha value is -5.03. The summed E-state index contributed by atoms with van der Waals surface area (Å²) in [6.07, 6.45) is 4.83. The minimum Gasteiger partial charge on any atom is -0.481 e. The molecule has 0 radical (unpaired) electrons. The zero-order chi connectivity index (χ0) is 36.7. The Morgan fingerprint density at radius 2 is 1.42 bits per heavy atom. The van der Waals surface area contributed by atoms with E-state index in [1.165, 1.54) is 0 Å². The van der Waals surface area contributed by atoms with E-state index in [0.717, 1.165) is 80.9 Å². The van der Waals surface area contributed by atoms with E-state index in [0.29, 0.717) is 41.5 Å². The van der Waals surface area contributed by atoms with Gasteiger partial charge in [0.15, 0.2) is 11.6 Å². The molecule has 2 aliphatic heterocycles. The molecule has 52 heavy (non-hydrogen) atoms. The normalized spacial score (nSPS) is 19.0. The van der Waals surface area contributed by atoms with Crippen LogP contribution in [0.4, 0.5) is 11.4 Å². The number of hydrogen-bond acceptors (Lipinski definition) is 8. The van der Waals surface area contributed by atoms with Crippen molar-refractivity contribution < 1.29 is 19.5 Å². The zero-order valence-corrected chi connectivity index (χ0v) is 30.3. The number of amides is 2. The second-order valence-electron chi connectivity index (χ2n) is 14.2. The monoisotopic (exact) mass is 723 g/mol. The second-order valence-corrected chi connectivity index (χ2v) is 14.6. The SMILES string of the molecule is CN1CCc2c(nc(C(=O)Nc3cccc(-c4cccc(NC(=O)c5nc6c(n5C)CCN(C[C@H]5CC[C@H](C(=O)O)CC5)C6)c4Cl)c3C#N)n2C)C1. The number of rotatable bonds is 8. The maximum atomic E-state index is 13.7. The van der Waals surface area contributed by atoms with E-state index in [4.69, 9.17) is 16.6 Å². The molecule has 4 aromatic rings. The van der Waals surface area contributed by atoms with Gasteiger partial charge in [-0.25, -0.2) is 9.97 Å². The van der Waals surface area contributed by atoms with Crippen LogP contribution < -0.4 is 10.6 Å². The van der Waals surface area contributed by atoms with Crippen LogP contribution in [0.15, 0.2) is 36.4 Å². The van der Waals surface area contributed by atoms with E-state index in [1.807, 2.05) is 30.3 Å². The summed E-state index contributed by atoms with van der Waals surface area (Å²) in [4.78, 5) is 52.3. The van der Waals surface area contributed by atoms with Crippen molar-refractivity contribution in [3.63, 3.8) is 0 Å². The fourth-order valence-corrected chi connectivity index (χ4v) is 8.23. The van der Waals surface area contributed by atoms with E-state index >= 15 is 0 Å². The van der Waals surface area contributed by atoms with Gasteiger partial charge in [0.05, 0.1) is 39.3 Å². The summed E-state index contributed by atoms with van der Waals surface area (Å²) >= 11 is 6.93. The van der Waals surface area contributed by atoms with E-state index in [1.54, 1.807) is 36.4 Å². The molecular weight excluding hydrogens is 682 g/mol. The molecule has 7 rings (SSSR count). The van der Waals surface area contributed by atoms with Gasteiger partial charge in [-0.15, -0.1) is 0 Å². The van der Waals surface area contributed by atoms with Gasteiger partial charge < -0.3 is 29.8 Å². The number of nitrogens with one attached hydrogen (secondary N) is 2. The summed E-state index contributed by atoms with van der Waals surface area (Å²) < 4.78 is 3.66. The summed E-state index contributed by atoms with van der Waals surface area (Å²) in [5, 5.41) is 25.7. The Balaban J connectivity index is 1.06. The molecule has 1 fully saturated rings. The van der Waals surface area contributed by atoms with Gasteiger partial charge >= 0.3 is 5.97 Å². The average Bonchev–Trinajstić information content (AvgIpc) is 3.64. The van der Waals surface area contributed by atoms with Crippen molar-refractivity contribution in [2.24, 2.45) is 25.9 Å². The number of anilines is 2. The van der Waals surface area contributed by atoms with Crippen molar-refractivity contribution in [1.29, 1.82) is 5.26 Å². The third kappa shape index (κ3) is 6.81. The number of aromatic nitrogens is 4. The number of nitrogens with zero attached hydrogens (tertiary/aromatic N) is 7. The first-order valence-corrected chi connectivity index (χ1v) is 18.1. The first kappa shape index (κ1) is 35.4. The number of nitriles is 1. The fourth-order valence-electron chi connectivity index (χ4n) is 7.95. The number of imidazole rings is 2. The van der Waals surface area contributed by atoms with Gasteiger partial charge in [0.25, 0.3) is 11.8 Å². The fraction of sp³-hybridized carbons (Fsp3) is 0.421. The Labute approximate surface area is 307 Å². The van der Waals surface area contributed by atoms with Gasteiger partial charge in [-0.1, -0.05) is 35.9 Å². The van der Waals surface area contributed by atoms with Crippen molar-refractivity contribution in [2.45, 2.75) is 51.6 Å². The lowest BCUT2D eigenvalue weighted by molar-refractivity contribution is -0.143. The van der Waals surface area contributed by atoms with Crippen LogP contribution in [-0.4, -0.2) is 78.5 Å². The number of halogens is 1. The lowest BCUT2D eigenvalue weighted by atomic mass is 9.81. The van der Waals surface area contributed by atoms with E-state index in [-0.39, 0.29) is 28.2 Å². The molecule has 3 aliphatic rings. The smallest absolute Gasteiger partial charge is 0.306 e. The minimum atomic E-state index is -0.692. The van der Waals surface area contributed by atoms with Crippen molar-refractivity contribution in [1.82, 2.24) is 28.9 Å². The Bertz CT molecular complexity index is 2110. The standard InChI is InChI=1S/C38H42ClN9O4/c1-45-16-14-31-29(20-45)41-34(46(31)2)36(49)43-27-8-4-6-24(26(27)18-40)25-7-5-9-28(33(25)39)44-37(50)35-42-30-21-48(17-15-32(30)47(35)3)19-22-10-12-23(13-11-22)38(51)52/h4-9,22-23H,10-17,19-21H2,1-3H3,(H,43,49)(H,44,50)(H,51,52)/t22-,23-. The predicted molar refractivity (Wildman–Crippen MR) is 196 cm³/mol. The quantitative estimate of drug-likeness (QED) is 0.225. The molecule has 13 nitrogen and oxygen atoms in total. The largest absolute Gasteiger partial charge is 0.481 e.